The van der Waals surface area contributed by atoms with Crippen LogP contribution in [-0.4, -0.2) is 11.9 Å². The fourth-order valence-electron chi connectivity index (χ4n) is 3.27. The van der Waals surface area contributed by atoms with Crippen molar-refractivity contribution in [2.75, 3.05) is 11.9 Å². The molecular weight excluding hydrogens is 410 g/mol. The van der Waals surface area contributed by atoms with E-state index in [0.717, 1.165) is 35.2 Å². The molecule has 2 nitrogen and oxygen atoms in total. The lowest BCUT2D eigenvalue weighted by Crippen LogP contribution is -1.97. The van der Waals surface area contributed by atoms with E-state index >= 15 is 0 Å². The summed E-state index contributed by atoms with van der Waals surface area (Å²) in [6, 6.07) is 15.9. The first kappa shape index (κ1) is 22.5. The van der Waals surface area contributed by atoms with E-state index in [4.69, 9.17) is 11.3 Å². The molecule has 3 heteroatoms. The summed E-state index contributed by atoms with van der Waals surface area (Å²) in [6.07, 6.45) is 13.3. The van der Waals surface area contributed by atoms with Crippen LogP contribution >= 0.6 is 15.9 Å². The zero-order valence-electron chi connectivity index (χ0n) is 16.8. The third-order valence-electron chi connectivity index (χ3n) is 4.98. The molecule has 0 aromatic heterocycles. The summed E-state index contributed by atoms with van der Waals surface area (Å²) >= 11 is 3.49. The highest BCUT2D eigenvalue weighted by Gasteiger charge is 2.00. The lowest BCUT2D eigenvalue weighted by Gasteiger charge is -2.08. The van der Waals surface area contributed by atoms with Crippen LogP contribution in [0.4, 0.5) is 5.69 Å². The van der Waals surface area contributed by atoms with E-state index in [2.05, 4.69) is 32.9 Å². The topological polar surface area (TPSA) is 13.6 Å². The zero-order chi connectivity index (χ0) is 19.9. The Kier molecular flexibility index (Phi) is 11.4. The van der Waals surface area contributed by atoms with Gasteiger partial charge in [0.15, 0.2) is 5.69 Å². The number of alkyl halides is 1. The van der Waals surface area contributed by atoms with Gasteiger partial charge in [-0.15, -0.1) is 0 Å². The SMILES string of the molecule is [C-]#[N+]c1ccc(-c2ccc(OCCCCCCCCCCCCBr)cc2)cc1. The quantitative estimate of drug-likeness (QED) is 0.162. The molecule has 0 unspecified atom stereocenters. The van der Waals surface area contributed by atoms with Gasteiger partial charge in [-0.2, -0.15) is 0 Å². The van der Waals surface area contributed by atoms with Crippen molar-refractivity contribution in [3.05, 3.63) is 59.9 Å². The summed E-state index contributed by atoms with van der Waals surface area (Å²) in [6.45, 7) is 7.82. The predicted molar refractivity (Wildman–Crippen MR) is 124 cm³/mol. The van der Waals surface area contributed by atoms with E-state index in [9.17, 15) is 0 Å². The van der Waals surface area contributed by atoms with E-state index < -0.39 is 0 Å². The molecule has 0 aliphatic carbocycles. The van der Waals surface area contributed by atoms with Crippen LogP contribution in [-0.2, 0) is 0 Å². The average molecular weight is 442 g/mol. The molecule has 0 radical (unpaired) electrons. The van der Waals surface area contributed by atoms with Crippen molar-refractivity contribution in [3.8, 4) is 16.9 Å². The monoisotopic (exact) mass is 441 g/mol. The Morgan fingerprint density at radius 3 is 1.61 bits per heavy atom. The number of halogens is 1. The summed E-state index contributed by atoms with van der Waals surface area (Å²) in [5.74, 6) is 0.935. The van der Waals surface area contributed by atoms with E-state index in [0.29, 0.717) is 5.69 Å². The molecule has 0 N–H and O–H groups in total. The van der Waals surface area contributed by atoms with E-state index in [1.54, 1.807) is 0 Å². The van der Waals surface area contributed by atoms with Crippen LogP contribution in [0.1, 0.15) is 64.2 Å². The third kappa shape index (κ3) is 8.93. The Balaban J connectivity index is 1.53. The number of ether oxygens (including phenoxy) is 1. The molecule has 2 aromatic rings. The predicted octanol–water partition coefficient (Wildman–Crippen LogP) is 8.58. The fourth-order valence-corrected chi connectivity index (χ4v) is 3.67. The van der Waals surface area contributed by atoms with Gasteiger partial charge in [-0.1, -0.05) is 104 Å². The number of unbranched alkanes of at least 4 members (excludes halogenated alkanes) is 9. The molecule has 0 saturated heterocycles. The molecule has 2 rings (SSSR count). The summed E-state index contributed by atoms with van der Waals surface area (Å²) < 4.78 is 5.87. The minimum absolute atomic E-state index is 0.675. The maximum absolute atomic E-state index is 7.02. The highest BCUT2D eigenvalue weighted by molar-refractivity contribution is 9.09. The Hall–Kier alpha value is -1.79. The molecule has 28 heavy (non-hydrogen) atoms. The van der Waals surface area contributed by atoms with Crippen LogP contribution in [0, 0.1) is 6.57 Å². The second kappa shape index (κ2) is 14.2. The number of hydrogen-bond donors (Lipinski definition) is 0. The molecule has 0 amide bonds. The summed E-state index contributed by atoms with van der Waals surface area (Å²) in [4.78, 5) is 3.43. The van der Waals surface area contributed by atoms with E-state index in [1.807, 2.05) is 36.4 Å². The minimum Gasteiger partial charge on any atom is -0.494 e. The average Bonchev–Trinajstić information content (AvgIpc) is 2.75. The van der Waals surface area contributed by atoms with Gasteiger partial charge in [-0.05, 0) is 36.1 Å². The van der Waals surface area contributed by atoms with E-state index in [1.165, 1.54) is 57.8 Å². The van der Waals surface area contributed by atoms with Gasteiger partial charge < -0.3 is 4.74 Å². The van der Waals surface area contributed by atoms with Crippen molar-refractivity contribution in [1.82, 2.24) is 0 Å². The van der Waals surface area contributed by atoms with Crippen LogP contribution in [0.3, 0.4) is 0 Å². The molecule has 0 aliphatic rings. The molecule has 0 bridgehead atoms. The van der Waals surface area contributed by atoms with Crippen molar-refractivity contribution in [2.45, 2.75) is 64.2 Å². The Morgan fingerprint density at radius 1 is 0.643 bits per heavy atom. The maximum Gasteiger partial charge on any atom is 0.187 e. The molecular formula is C25H32BrNO. The number of rotatable bonds is 14. The van der Waals surface area contributed by atoms with Gasteiger partial charge in [0.05, 0.1) is 13.2 Å². The standard InChI is InChI=1S/C25H32BrNO/c1-27-24-16-12-22(13-17-24)23-14-18-25(19-15-23)28-21-11-9-7-5-3-2-4-6-8-10-20-26/h12-19H,2-11,20-21H2. The van der Waals surface area contributed by atoms with Crippen LogP contribution < -0.4 is 4.74 Å². The molecule has 0 aliphatic heterocycles. The minimum atomic E-state index is 0.675. The normalized spacial score (nSPS) is 10.6. The molecule has 0 atom stereocenters. The van der Waals surface area contributed by atoms with Gasteiger partial charge in [0, 0.05) is 5.33 Å². The van der Waals surface area contributed by atoms with Gasteiger partial charge in [-0.3, -0.25) is 0 Å². The van der Waals surface area contributed by atoms with Crippen molar-refractivity contribution in [1.29, 1.82) is 0 Å². The first-order valence-corrected chi connectivity index (χ1v) is 11.7. The largest absolute Gasteiger partial charge is 0.494 e. The smallest absolute Gasteiger partial charge is 0.187 e. The van der Waals surface area contributed by atoms with Gasteiger partial charge >= 0.3 is 0 Å². The fraction of sp³-hybridized carbons (Fsp3) is 0.480. The van der Waals surface area contributed by atoms with Crippen LogP contribution in [0.25, 0.3) is 16.0 Å². The van der Waals surface area contributed by atoms with Crippen molar-refractivity contribution < 1.29 is 4.74 Å². The van der Waals surface area contributed by atoms with Crippen LogP contribution in [0.2, 0.25) is 0 Å². The van der Waals surface area contributed by atoms with Crippen LogP contribution in [0.5, 0.6) is 5.75 Å². The van der Waals surface area contributed by atoms with Gasteiger partial charge in [0.25, 0.3) is 0 Å². The molecule has 0 fully saturated rings. The summed E-state index contributed by atoms with van der Waals surface area (Å²) in [7, 11) is 0. The Labute approximate surface area is 179 Å². The van der Waals surface area contributed by atoms with Gasteiger partial charge in [-0.25, -0.2) is 4.85 Å². The first-order chi connectivity index (χ1) is 13.8. The second-order valence-electron chi connectivity index (χ2n) is 7.26. The molecule has 2 aromatic carbocycles. The van der Waals surface area contributed by atoms with Gasteiger partial charge in [0.1, 0.15) is 5.75 Å². The molecule has 150 valence electrons. The summed E-state index contributed by atoms with van der Waals surface area (Å²) in [5, 5.41) is 1.15. The number of benzene rings is 2. The van der Waals surface area contributed by atoms with Gasteiger partial charge in [0.2, 0.25) is 0 Å². The lowest BCUT2D eigenvalue weighted by molar-refractivity contribution is 0.304. The van der Waals surface area contributed by atoms with Crippen molar-refractivity contribution in [2.24, 2.45) is 0 Å². The maximum atomic E-state index is 7.02. The Morgan fingerprint density at radius 2 is 1.11 bits per heavy atom. The van der Waals surface area contributed by atoms with E-state index in [-0.39, 0.29) is 0 Å². The summed E-state index contributed by atoms with van der Waals surface area (Å²) in [5.41, 5.74) is 2.95. The molecule has 0 heterocycles. The van der Waals surface area contributed by atoms with Crippen LogP contribution in [0.15, 0.2) is 48.5 Å². The zero-order valence-corrected chi connectivity index (χ0v) is 18.4. The highest BCUT2D eigenvalue weighted by atomic mass is 79.9. The third-order valence-corrected chi connectivity index (χ3v) is 5.54. The molecule has 0 saturated carbocycles. The second-order valence-corrected chi connectivity index (χ2v) is 8.05. The van der Waals surface area contributed by atoms with Crippen molar-refractivity contribution in [3.63, 3.8) is 0 Å². The highest BCUT2D eigenvalue weighted by Crippen LogP contribution is 2.25. The lowest BCUT2D eigenvalue weighted by atomic mass is 10.1. The first-order valence-electron chi connectivity index (χ1n) is 10.6. The Bertz CT molecular complexity index is 688. The number of hydrogen-bond acceptors (Lipinski definition) is 1. The molecule has 0 spiro atoms. The van der Waals surface area contributed by atoms with Crippen molar-refractivity contribution >= 4 is 21.6 Å². The number of nitrogens with zero attached hydrogens (tertiary/aromatic N) is 1.